The highest BCUT2D eigenvalue weighted by atomic mass is 35.5. The number of hydrogen-bond donors (Lipinski definition) is 0. The summed E-state index contributed by atoms with van der Waals surface area (Å²) in [6.45, 7) is 1.58. The summed E-state index contributed by atoms with van der Waals surface area (Å²) in [5.74, 6) is -0.000965. The molecule has 1 fully saturated rings. The first-order chi connectivity index (χ1) is 14.2. The molecule has 0 N–H and O–H groups in total. The van der Waals surface area contributed by atoms with Crippen molar-refractivity contribution in [2.75, 3.05) is 13.1 Å². The van der Waals surface area contributed by atoms with E-state index in [4.69, 9.17) is 16.6 Å². The second-order valence-electron chi connectivity index (χ2n) is 7.03. The molecule has 8 heteroatoms. The second kappa shape index (κ2) is 7.57. The SMILES string of the molecule is O=C(c1cc(Cl)nc(-c2cnn3ccc(-c4cccs4)nc23)c1)N1CCCCC1. The van der Waals surface area contributed by atoms with E-state index in [2.05, 4.69) is 10.1 Å². The maximum atomic E-state index is 13.0. The van der Waals surface area contributed by atoms with E-state index in [1.165, 1.54) is 6.42 Å². The zero-order valence-corrected chi connectivity index (χ0v) is 17.2. The standard InChI is InChI=1S/C21H18ClN5OS/c22-19-12-14(21(28)26-7-2-1-3-8-26)11-17(24-19)15-13-23-27-9-6-16(25-20(15)27)18-5-4-10-29-18/h4-6,9-13H,1-3,7-8H2. The van der Waals surface area contributed by atoms with Gasteiger partial charge < -0.3 is 4.90 Å². The van der Waals surface area contributed by atoms with Gasteiger partial charge in [-0.2, -0.15) is 5.10 Å². The molecule has 1 amide bonds. The molecule has 5 rings (SSSR count). The Hall–Kier alpha value is -2.77. The van der Waals surface area contributed by atoms with Crippen LogP contribution in [0.3, 0.4) is 0 Å². The summed E-state index contributed by atoms with van der Waals surface area (Å²) >= 11 is 7.92. The maximum absolute atomic E-state index is 13.0. The van der Waals surface area contributed by atoms with Crippen LogP contribution < -0.4 is 0 Å². The maximum Gasteiger partial charge on any atom is 0.254 e. The molecule has 0 saturated carbocycles. The van der Waals surface area contributed by atoms with Crippen molar-refractivity contribution in [1.82, 2.24) is 24.5 Å². The average molecular weight is 424 g/mol. The van der Waals surface area contributed by atoms with Gasteiger partial charge in [0.05, 0.1) is 28.0 Å². The molecule has 0 bridgehead atoms. The minimum absolute atomic E-state index is 0.000965. The van der Waals surface area contributed by atoms with Crippen molar-refractivity contribution in [3.8, 4) is 21.8 Å². The Labute approximate surface area is 176 Å². The first-order valence-electron chi connectivity index (χ1n) is 9.54. The summed E-state index contributed by atoms with van der Waals surface area (Å²) in [5.41, 5.74) is 3.46. The van der Waals surface area contributed by atoms with Crippen molar-refractivity contribution in [2.45, 2.75) is 19.3 Å². The molecule has 0 radical (unpaired) electrons. The lowest BCUT2D eigenvalue weighted by Crippen LogP contribution is -2.35. The van der Waals surface area contributed by atoms with E-state index >= 15 is 0 Å². The number of piperidine rings is 1. The Morgan fingerprint density at radius 3 is 2.72 bits per heavy atom. The number of fused-ring (bicyclic) bond motifs is 1. The molecular formula is C21H18ClN5OS. The zero-order chi connectivity index (χ0) is 19.8. The fraction of sp³-hybridized carbons (Fsp3) is 0.238. The Balaban J connectivity index is 1.57. The third kappa shape index (κ3) is 3.52. The first-order valence-corrected chi connectivity index (χ1v) is 10.8. The Bertz CT molecular complexity index is 1180. The molecule has 1 aliphatic heterocycles. The predicted molar refractivity (Wildman–Crippen MR) is 114 cm³/mol. The van der Waals surface area contributed by atoms with Gasteiger partial charge in [0.25, 0.3) is 5.91 Å². The van der Waals surface area contributed by atoms with Gasteiger partial charge in [-0.3, -0.25) is 4.79 Å². The van der Waals surface area contributed by atoms with E-state index in [-0.39, 0.29) is 11.1 Å². The van der Waals surface area contributed by atoms with E-state index in [0.717, 1.165) is 42.1 Å². The Morgan fingerprint density at radius 1 is 1.07 bits per heavy atom. The number of rotatable bonds is 3. The van der Waals surface area contributed by atoms with Crippen molar-refractivity contribution in [3.63, 3.8) is 0 Å². The number of carbonyl (C=O) groups is 1. The van der Waals surface area contributed by atoms with Gasteiger partial charge in [0, 0.05) is 24.8 Å². The van der Waals surface area contributed by atoms with Gasteiger partial charge in [0.15, 0.2) is 5.65 Å². The molecular weight excluding hydrogens is 406 g/mol. The van der Waals surface area contributed by atoms with Crippen LogP contribution >= 0.6 is 22.9 Å². The third-order valence-corrected chi connectivity index (χ3v) is 6.19. The molecule has 1 aliphatic rings. The number of pyridine rings is 1. The van der Waals surface area contributed by atoms with Crippen molar-refractivity contribution >= 4 is 34.5 Å². The molecule has 0 spiro atoms. The number of thiophene rings is 1. The van der Waals surface area contributed by atoms with Crippen LogP contribution in [0, 0.1) is 0 Å². The molecule has 146 valence electrons. The first kappa shape index (κ1) is 18.3. The number of aromatic nitrogens is 4. The Morgan fingerprint density at radius 2 is 1.93 bits per heavy atom. The normalized spacial score (nSPS) is 14.4. The van der Waals surface area contributed by atoms with Gasteiger partial charge in [-0.15, -0.1) is 11.3 Å². The molecule has 4 aromatic heterocycles. The number of hydrogen-bond acceptors (Lipinski definition) is 5. The lowest BCUT2D eigenvalue weighted by molar-refractivity contribution is 0.0724. The van der Waals surface area contributed by atoms with Crippen LogP contribution in [-0.2, 0) is 0 Å². The monoisotopic (exact) mass is 423 g/mol. The van der Waals surface area contributed by atoms with Crippen LogP contribution in [0.2, 0.25) is 5.15 Å². The van der Waals surface area contributed by atoms with Gasteiger partial charge in [0.2, 0.25) is 0 Å². The van der Waals surface area contributed by atoms with Gasteiger partial charge in [-0.1, -0.05) is 17.7 Å². The van der Waals surface area contributed by atoms with E-state index in [9.17, 15) is 4.79 Å². The molecule has 1 saturated heterocycles. The molecule has 5 heterocycles. The minimum atomic E-state index is -0.000965. The fourth-order valence-electron chi connectivity index (χ4n) is 3.65. The van der Waals surface area contributed by atoms with E-state index in [1.807, 2.05) is 34.7 Å². The largest absolute Gasteiger partial charge is 0.339 e. The quantitative estimate of drug-likeness (QED) is 0.444. The van der Waals surface area contributed by atoms with Crippen LogP contribution in [0.4, 0.5) is 0 Å². The summed E-state index contributed by atoms with van der Waals surface area (Å²) in [6, 6.07) is 9.40. The lowest BCUT2D eigenvalue weighted by Gasteiger charge is -2.26. The van der Waals surface area contributed by atoms with Crippen LogP contribution in [0.5, 0.6) is 0 Å². The summed E-state index contributed by atoms with van der Waals surface area (Å²) in [6.07, 6.45) is 6.86. The topological polar surface area (TPSA) is 63.4 Å². The number of halogens is 1. The average Bonchev–Trinajstić information content (AvgIpc) is 3.43. The van der Waals surface area contributed by atoms with Crippen molar-refractivity contribution in [2.24, 2.45) is 0 Å². The number of nitrogens with zero attached hydrogens (tertiary/aromatic N) is 5. The molecule has 0 aliphatic carbocycles. The predicted octanol–water partition coefficient (Wildman–Crippen LogP) is 4.80. The summed E-state index contributed by atoms with van der Waals surface area (Å²) in [7, 11) is 0. The molecule has 0 atom stereocenters. The van der Waals surface area contributed by atoms with Gasteiger partial charge in [0.1, 0.15) is 5.15 Å². The lowest BCUT2D eigenvalue weighted by atomic mass is 10.1. The van der Waals surface area contributed by atoms with Crippen LogP contribution in [0.15, 0.2) is 48.1 Å². The highest BCUT2D eigenvalue weighted by molar-refractivity contribution is 7.13. The Kier molecular flexibility index (Phi) is 4.77. The minimum Gasteiger partial charge on any atom is -0.339 e. The highest BCUT2D eigenvalue weighted by Crippen LogP contribution is 2.28. The molecule has 6 nitrogen and oxygen atoms in total. The van der Waals surface area contributed by atoms with Crippen LogP contribution in [-0.4, -0.2) is 43.5 Å². The van der Waals surface area contributed by atoms with Gasteiger partial charge in [-0.25, -0.2) is 14.5 Å². The smallest absolute Gasteiger partial charge is 0.254 e. The van der Waals surface area contributed by atoms with Crippen molar-refractivity contribution in [3.05, 3.63) is 58.8 Å². The van der Waals surface area contributed by atoms with Crippen LogP contribution in [0.1, 0.15) is 29.6 Å². The number of amides is 1. The van der Waals surface area contributed by atoms with E-state index < -0.39 is 0 Å². The fourth-order valence-corrected chi connectivity index (χ4v) is 4.55. The van der Waals surface area contributed by atoms with Crippen LogP contribution in [0.25, 0.3) is 27.5 Å². The summed E-state index contributed by atoms with van der Waals surface area (Å²) in [5, 5.41) is 6.70. The van der Waals surface area contributed by atoms with E-state index in [1.54, 1.807) is 34.2 Å². The summed E-state index contributed by atoms with van der Waals surface area (Å²) < 4.78 is 1.71. The van der Waals surface area contributed by atoms with E-state index in [0.29, 0.717) is 16.9 Å². The van der Waals surface area contributed by atoms with Gasteiger partial charge in [-0.05, 0) is 48.9 Å². The summed E-state index contributed by atoms with van der Waals surface area (Å²) in [4.78, 5) is 25.2. The van der Waals surface area contributed by atoms with Crippen molar-refractivity contribution < 1.29 is 4.79 Å². The highest BCUT2D eigenvalue weighted by Gasteiger charge is 2.21. The van der Waals surface area contributed by atoms with Crippen molar-refractivity contribution in [1.29, 1.82) is 0 Å². The molecule has 4 aromatic rings. The molecule has 0 unspecified atom stereocenters. The third-order valence-electron chi connectivity index (χ3n) is 5.10. The molecule has 0 aromatic carbocycles. The second-order valence-corrected chi connectivity index (χ2v) is 8.37. The van der Waals surface area contributed by atoms with Gasteiger partial charge >= 0.3 is 0 Å². The molecule has 29 heavy (non-hydrogen) atoms. The zero-order valence-electron chi connectivity index (χ0n) is 15.6. The number of carbonyl (C=O) groups excluding carboxylic acids is 1. The number of likely N-dealkylation sites (tertiary alicyclic amines) is 1.